The molecule has 0 aliphatic carbocycles. The summed E-state index contributed by atoms with van der Waals surface area (Å²) in [6, 6.07) is 20.1. The average Bonchev–Trinajstić information content (AvgIpc) is 3.11. The second kappa shape index (κ2) is 9.30. The molecule has 1 heterocycles. The first-order valence-electron chi connectivity index (χ1n) is 9.72. The lowest BCUT2D eigenvalue weighted by Gasteiger charge is -2.09. The van der Waals surface area contributed by atoms with Gasteiger partial charge in [0.25, 0.3) is 0 Å². The van der Waals surface area contributed by atoms with Crippen LogP contribution in [-0.2, 0) is 17.5 Å². The van der Waals surface area contributed by atoms with E-state index in [1.165, 1.54) is 23.9 Å². The SMILES string of the molecule is O=C(CSc1cn(Cc2ccc(Cl)cc2)c2ccccc12)Nc1cccc(C(F)(F)F)c1. The lowest BCUT2D eigenvalue weighted by molar-refractivity contribution is -0.137. The van der Waals surface area contributed by atoms with Gasteiger partial charge in [-0.2, -0.15) is 13.2 Å². The van der Waals surface area contributed by atoms with Crippen LogP contribution in [0.5, 0.6) is 0 Å². The number of carbonyl (C=O) groups excluding carboxylic acids is 1. The lowest BCUT2D eigenvalue weighted by atomic mass is 10.2. The minimum absolute atomic E-state index is 0.0746. The second-order valence-corrected chi connectivity index (χ2v) is 8.63. The number of halogens is 4. The zero-order valence-electron chi connectivity index (χ0n) is 16.7. The first-order chi connectivity index (χ1) is 15.3. The molecule has 0 bridgehead atoms. The summed E-state index contributed by atoms with van der Waals surface area (Å²) in [6.45, 7) is 0.647. The van der Waals surface area contributed by atoms with Gasteiger partial charge < -0.3 is 9.88 Å². The summed E-state index contributed by atoms with van der Waals surface area (Å²) in [5.74, 6) is -0.297. The smallest absolute Gasteiger partial charge is 0.342 e. The van der Waals surface area contributed by atoms with E-state index in [9.17, 15) is 18.0 Å². The number of carbonyl (C=O) groups is 1. The summed E-state index contributed by atoms with van der Waals surface area (Å²) in [7, 11) is 0. The van der Waals surface area contributed by atoms with Gasteiger partial charge in [0.1, 0.15) is 0 Å². The Balaban J connectivity index is 1.47. The van der Waals surface area contributed by atoms with Gasteiger partial charge in [-0.05, 0) is 42.0 Å². The van der Waals surface area contributed by atoms with Crippen molar-refractivity contribution < 1.29 is 18.0 Å². The highest BCUT2D eigenvalue weighted by molar-refractivity contribution is 8.00. The molecule has 0 aliphatic heterocycles. The Hall–Kier alpha value is -2.90. The Morgan fingerprint density at radius 2 is 1.75 bits per heavy atom. The van der Waals surface area contributed by atoms with Gasteiger partial charge >= 0.3 is 6.18 Å². The number of nitrogens with zero attached hydrogens (tertiary/aromatic N) is 1. The van der Waals surface area contributed by atoms with Crippen molar-refractivity contribution in [1.29, 1.82) is 0 Å². The lowest BCUT2D eigenvalue weighted by Crippen LogP contribution is -2.15. The average molecular weight is 475 g/mol. The maximum atomic E-state index is 12.9. The number of para-hydroxylation sites is 1. The zero-order valence-corrected chi connectivity index (χ0v) is 18.3. The fourth-order valence-electron chi connectivity index (χ4n) is 3.36. The van der Waals surface area contributed by atoms with Gasteiger partial charge in [-0.3, -0.25) is 4.79 Å². The van der Waals surface area contributed by atoms with E-state index in [1.54, 1.807) is 0 Å². The summed E-state index contributed by atoms with van der Waals surface area (Å²) < 4.78 is 40.7. The number of thioether (sulfide) groups is 1. The molecule has 1 amide bonds. The van der Waals surface area contributed by atoms with Crippen LogP contribution in [0.3, 0.4) is 0 Å². The van der Waals surface area contributed by atoms with Crippen LogP contribution in [-0.4, -0.2) is 16.2 Å². The molecule has 1 N–H and O–H groups in total. The Morgan fingerprint density at radius 1 is 1.00 bits per heavy atom. The number of hydrogen-bond donors (Lipinski definition) is 1. The summed E-state index contributed by atoms with van der Waals surface area (Å²) in [6.07, 6.45) is -2.47. The zero-order chi connectivity index (χ0) is 22.7. The van der Waals surface area contributed by atoms with Crippen LogP contribution in [0, 0.1) is 0 Å². The second-order valence-electron chi connectivity index (χ2n) is 7.18. The number of benzene rings is 3. The number of amides is 1. The van der Waals surface area contributed by atoms with Crippen LogP contribution in [0.25, 0.3) is 10.9 Å². The highest BCUT2D eigenvalue weighted by Crippen LogP contribution is 2.32. The fourth-order valence-corrected chi connectivity index (χ4v) is 4.37. The molecular formula is C24H18ClF3N2OS. The van der Waals surface area contributed by atoms with Gasteiger partial charge in [0.15, 0.2) is 0 Å². The van der Waals surface area contributed by atoms with Crippen LogP contribution in [0.15, 0.2) is 83.9 Å². The molecule has 8 heteroatoms. The molecule has 4 rings (SSSR count). The molecular weight excluding hydrogens is 457 g/mol. The number of alkyl halides is 3. The molecule has 0 saturated heterocycles. The van der Waals surface area contributed by atoms with Crippen molar-refractivity contribution in [2.45, 2.75) is 17.6 Å². The van der Waals surface area contributed by atoms with Crippen molar-refractivity contribution in [3.05, 3.63) is 95.1 Å². The molecule has 4 aromatic rings. The van der Waals surface area contributed by atoms with Gasteiger partial charge in [-0.1, -0.05) is 48.0 Å². The van der Waals surface area contributed by atoms with Gasteiger partial charge in [-0.25, -0.2) is 0 Å². The quantitative estimate of drug-likeness (QED) is 0.302. The molecule has 0 unspecified atom stereocenters. The molecule has 164 valence electrons. The Morgan fingerprint density at radius 3 is 2.50 bits per heavy atom. The van der Waals surface area contributed by atoms with Gasteiger partial charge in [0, 0.05) is 39.3 Å². The molecule has 0 atom stereocenters. The molecule has 0 radical (unpaired) electrons. The van der Waals surface area contributed by atoms with E-state index in [0.717, 1.165) is 33.5 Å². The largest absolute Gasteiger partial charge is 0.416 e. The van der Waals surface area contributed by atoms with E-state index < -0.39 is 11.7 Å². The highest BCUT2D eigenvalue weighted by Gasteiger charge is 2.30. The monoisotopic (exact) mass is 474 g/mol. The van der Waals surface area contributed by atoms with Crippen LogP contribution in [0.2, 0.25) is 5.02 Å². The van der Waals surface area contributed by atoms with Crippen LogP contribution in [0.4, 0.5) is 18.9 Å². The van der Waals surface area contributed by atoms with E-state index in [2.05, 4.69) is 9.88 Å². The molecule has 3 nitrogen and oxygen atoms in total. The minimum Gasteiger partial charge on any atom is -0.342 e. The summed E-state index contributed by atoms with van der Waals surface area (Å²) in [4.78, 5) is 13.3. The minimum atomic E-state index is -4.46. The van der Waals surface area contributed by atoms with E-state index in [-0.39, 0.29) is 17.3 Å². The topological polar surface area (TPSA) is 34.0 Å². The first kappa shape index (κ1) is 22.3. The van der Waals surface area contributed by atoms with E-state index in [1.807, 2.05) is 54.7 Å². The maximum absolute atomic E-state index is 12.9. The number of anilines is 1. The molecule has 0 spiro atoms. The Kier molecular flexibility index (Phi) is 6.48. The molecule has 0 fully saturated rings. The Labute approximate surface area is 192 Å². The van der Waals surface area contributed by atoms with Gasteiger partial charge in [-0.15, -0.1) is 11.8 Å². The molecule has 32 heavy (non-hydrogen) atoms. The van der Waals surface area contributed by atoms with E-state index in [0.29, 0.717) is 11.6 Å². The third-order valence-corrected chi connectivity index (χ3v) is 6.15. The molecule has 0 aliphatic rings. The maximum Gasteiger partial charge on any atom is 0.416 e. The third-order valence-electron chi connectivity index (χ3n) is 4.85. The predicted molar refractivity (Wildman–Crippen MR) is 123 cm³/mol. The third kappa shape index (κ3) is 5.29. The number of nitrogens with one attached hydrogen (secondary N) is 1. The van der Waals surface area contributed by atoms with E-state index in [4.69, 9.17) is 11.6 Å². The molecule has 1 aromatic heterocycles. The number of fused-ring (bicyclic) bond motifs is 1. The van der Waals surface area contributed by atoms with Crippen LogP contribution < -0.4 is 5.32 Å². The van der Waals surface area contributed by atoms with Crippen molar-refractivity contribution in [2.75, 3.05) is 11.1 Å². The van der Waals surface area contributed by atoms with Crippen molar-refractivity contribution in [2.24, 2.45) is 0 Å². The van der Waals surface area contributed by atoms with E-state index >= 15 is 0 Å². The molecule has 3 aromatic carbocycles. The standard InChI is InChI=1S/C24H18ClF3N2OS/c25-18-10-8-16(9-11-18)13-30-14-22(20-6-1-2-7-21(20)30)32-15-23(31)29-19-5-3-4-17(12-19)24(26,27)28/h1-12,14H,13,15H2,(H,29,31). The van der Waals surface area contributed by atoms with Crippen molar-refractivity contribution in [1.82, 2.24) is 4.57 Å². The van der Waals surface area contributed by atoms with Crippen molar-refractivity contribution >= 4 is 45.9 Å². The fraction of sp³-hybridized carbons (Fsp3) is 0.125. The normalized spacial score (nSPS) is 11.6. The summed E-state index contributed by atoms with van der Waals surface area (Å²) in [5, 5.41) is 4.23. The number of aromatic nitrogens is 1. The molecule has 0 saturated carbocycles. The van der Waals surface area contributed by atoms with Crippen molar-refractivity contribution in [3.8, 4) is 0 Å². The summed E-state index contributed by atoms with van der Waals surface area (Å²) in [5.41, 5.74) is 1.45. The van der Waals surface area contributed by atoms with Gasteiger partial charge in [0.2, 0.25) is 5.91 Å². The first-order valence-corrected chi connectivity index (χ1v) is 11.1. The van der Waals surface area contributed by atoms with Crippen LogP contribution in [0.1, 0.15) is 11.1 Å². The summed E-state index contributed by atoms with van der Waals surface area (Å²) >= 11 is 7.31. The van der Waals surface area contributed by atoms with Crippen molar-refractivity contribution in [3.63, 3.8) is 0 Å². The van der Waals surface area contributed by atoms with Crippen LogP contribution >= 0.6 is 23.4 Å². The number of hydrogen-bond acceptors (Lipinski definition) is 2. The number of rotatable bonds is 6. The Bertz CT molecular complexity index is 1250. The predicted octanol–water partition coefficient (Wildman–Crippen LogP) is 7.09. The highest BCUT2D eigenvalue weighted by atomic mass is 35.5. The van der Waals surface area contributed by atoms with Gasteiger partial charge in [0.05, 0.1) is 11.3 Å².